The number of hydrogen-bond donors (Lipinski definition) is 0. The van der Waals surface area contributed by atoms with E-state index in [0.717, 1.165) is 34.2 Å². The van der Waals surface area contributed by atoms with Gasteiger partial charge in [-0.15, -0.1) is 0 Å². The molecule has 1 aromatic heterocycles. The van der Waals surface area contributed by atoms with Crippen molar-refractivity contribution in [3.63, 3.8) is 0 Å². The second-order valence-corrected chi connectivity index (χ2v) is 8.26. The van der Waals surface area contributed by atoms with Gasteiger partial charge in [0, 0.05) is 14.1 Å². The standard InChI is InChI=1S/C25H21F3N4O2/c1-30-15-21-22(31(2)24(30)33)29-23(34-20-9-5-8-19(13-20)25(26,27)28)32(21)14-16-10-11-17-6-3-4-7-18(17)12-16/h3-13H,14-15H2,1-2H3. The molecule has 4 aromatic rings. The number of anilines is 1. The van der Waals surface area contributed by atoms with Gasteiger partial charge in [0.15, 0.2) is 5.82 Å². The molecule has 0 atom stereocenters. The van der Waals surface area contributed by atoms with Crippen molar-refractivity contribution >= 4 is 22.6 Å². The summed E-state index contributed by atoms with van der Waals surface area (Å²) in [5, 5.41) is 2.17. The van der Waals surface area contributed by atoms with Crippen LogP contribution in [0.5, 0.6) is 11.8 Å². The van der Waals surface area contributed by atoms with Crippen molar-refractivity contribution in [3.8, 4) is 11.8 Å². The van der Waals surface area contributed by atoms with E-state index in [4.69, 9.17) is 4.74 Å². The number of imidazole rings is 1. The highest BCUT2D eigenvalue weighted by atomic mass is 19.4. The summed E-state index contributed by atoms with van der Waals surface area (Å²) in [6.45, 7) is 0.669. The molecule has 34 heavy (non-hydrogen) atoms. The summed E-state index contributed by atoms with van der Waals surface area (Å²) >= 11 is 0. The van der Waals surface area contributed by atoms with Crippen LogP contribution < -0.4 is 9.64 Å². The Morgan fingerprint density at radius 3 is 2.50 bits per heavy atom. The summed E-state index contributed by atoms with van der Waals surface area (Å²) in [6, 6.07) is 18.6. The zero-order valence-corrected chi connectivity index (χ0v) is 18.5. The molecule has 0 bridgehead atoms. The van der Waals surface area contributed by atoms with Gasteiger partial charge >= 0.3 is 18.2 Å². The number of nitrogens with zero attached hydrogens (tertiary/aromatic N) is 4. The third-order valence-corrected chi connectivity index (χ3v) is 5.86. The van der Waals surface area contributed by atoms with Crippen LogP contribution in [0.2, 0.25) is 0 Å². The molecule has 6 nitrogen and oxygen atoms in total. The van der Waals surface area contributed by atoms with Crippen LogP contribution in [0.1, 0.15) is 16.8 Å². The van der Waals surface area contributed by atoms with Gasteiger partial charge in [0.25, 0.3) is 0 Å². The first-order valence-corrected chi connectivity index (χ1v) is 10.6. The van der Waals surface area contributed by atoms with Crippen molar-refractivity contribution in [3.05, 3.63) is 83.6 Å². The van der Waals surface area contributed by atoms with Gasteiger partial charge in [0.1, 0.15) is 5.75 Å². The monoisotopic (exact) mass is 466 g/mol. The molecule has 2 heterocycles. The minimum Gasteiger partial charge on any atom is -0.425 e. The Hall–Kier alpha value is -4.01. The molecular formula is C25H21F3N4O2. The number of ether oxygens (including phenoxy) is 1. The van der Waals surface area contributed by atoms with E-state index in [9.17, 15) is 18.0 Å². The van der Waals surface area contributed by atoms with E-state index >= 15 is 0 Å². The van der Waals surface area contributed by atoms with Crippen LogP contribution in [-0.4, -0.2) is 34.6 Å². The smallest absolute Gasteiger partial charge is 0.416 e. The second kappa shape index (κ2) is 8.09. The van der Waals surface area contributed by atoms with Crippen LogP contribution in [-0.2, 0) is 19.3 Å². The zero-order valence-electron chi connectivity index (χ0n) is 18.5. The lowest BCUT2D eigenvalue weighted by Crippen LogP contribution is -2.43. The van der Waals surface area contributed by atoms with Crippen molar-refractivity contribution in [1.29, 1.82) is 0 Å². The molecular weight excluding hydrogens is 445 g/mol. The molecule has 0 saturated heterocycles. The molecule has 0 radical (unpaired) electrons. The van der Waals surface area contributed by atoms with Crippen LogP contribution in [0.15, 0.2) is 66.7 Å². The summed E-state index contributed by atoms with van der Waals surface area (Å²) in [6.07, 6.45) is -4.49. The summed E-state index contributed by atoms with van der Waals surface area (Å²) in [5.74, 6) is 0.435. The van der Waals surface area contributed by atoms with Crippen LogP contribution >= 0.6 is 0 Å². The van der Waals surface area contributed by atoms with Gasteiger partial charge in [-0.2, -0.15) is 18.2 Å². The first-order valence-electron chi connectivity index (χ1n) is 10.6. The highest BCUT2D eigenvalue weighted by Crippen LogP contribution is 2.36. The molecule has 0 aliphatic carbocycles. The van der Waals surface area contributed by atoms with E-state index in [0.29, 0.717) is 18.9 Å². The van der Waals surface area contributed by atoms with Gasteiger partial charge in [-0.05, 0) is 40.6 Å². The number of amides is 2. The van der Waals surface area contributed by atoms with Gasteiger partial charge in [-0.3, -0.25) is 9.47 Å². The van der Waals surface area contributed by atoms with E-state index in [2.05, 4.69) is 11.1 Å². The normalized spacial score (nSPS) is 14.0. The summed E-state index contributed by atoms with van der Waals surface area (Å²) in [4.78, 5) is 19.9. The number of halogens is 3. The average Bonchev–Trinajstić information content (AvgIpc) is 3.14. The lowest BCUT2D eigenvalue weighted by atomic mass is 10.1. The molecule has 1 aliphatic rings. The van der Waals surface area contributed by atoms with Crippen LogP contribution in [0.25, 0.3) is 10.8 Å². The number of carbonyl (C=O) groups excluding carboxylic acids is 1. The Kier molecular flexibility index (Phi) is 5.19. The molecule has 0 spiro atoms. The number of benzene rings is 3. The Morgan fingerprint density at radius 1 is 0.971 bits per heavy atom. The molecule has 0 unspecified atom stereocenters. The molecule has 0 N–H and O–H groups in total. The molecule has 0 saturated carbocycles. The molecule has 0 fully saturated rings. The number of rotatable bonds is 4. The van der Waals surface area contributed by atoms with E-state index < -0.39 is 11.7 Å². The minimum absolute atomic E-state index is 0.0132. The summed E-state index contributed by atoms with van der Waals surface area (Å²) < 4.78 is 47.3. The van der Waals surface area contributed by atoms with Gasteiger partial charge < -0.3 is 9.64 Å². The van der Waals surface area contributed by atoms with E-state index in [-0.39, 0.29) is 17.8 Å². The largest absolute Gasteiger partial charge is 0.425 e. The van der Waals surface area contributed by atoms with Crippen molar-refractivity contribution in [2.24, 2.45) is 0 Å². The quantitative estimate of drug-likeness (QED) is 0.377. The number of hydrogen-bond acceptors (Lipinski definition) is 3. The lowest BCUT2D eigenvalue weighted by molar-refractivity contribution is -0.137. The minimum atomic E-state index is -4.49. The van der Waals surface area contributed by atoms with Crippen molar-refractivity contribution in [2.75, 3.05) is 19.0 Å². The topological polar surface area (TPSA) is 50.6 Å². The predicted molar refractivity (Wildman–Crippen MR) is 122 cm³/mol. The maximum atomic E-state index is 13.2. The summed E-state index contributed by atoms with van der Waals surface area (Å²) in [5.41, 5.74) is 0.893. The van der Waals surface area contributed by atoms with Gasteiger partial charge in [-0.1, -0.05) is 42.5 Å². The first-order chi connectivity index (χ1) is 16.2. The molecule has 9 heteroatoms. The molecule has 5 rings (SSSR count). The highest BCUT2D eigenvalue weighted by Gasteiger charge is 2.33. The zero-order chi connectivity index (χ0) is 24.0. The van der Waals surface area contributed by atoms with E-state index in [1.807, 2.05) is 36.4 Å². The maximum Gasteiger partial charge on any atom is 0.416 e. The number of alkyl halides is 3. The van der Waals surface area contributed by atoms with Gasteiger partial charge in [0.2, 0.25) is 0 Å². The molecule has 174 valence electrons. The maximum absolute atomic E-state index is 13.2. The second-order valence-electron chi connectivity index (χ2n) is 8.26. The number of fused-ring (bicyclic) bond motifs is 2. The number of carbonyl (C=O) groups is 1. The fourth-order valence-electron chi connectivity index (χ4n) is 4.12. The Labute approximate surface area is 193 Å². The SMILES string of the molecule is CN1Cc2c(nc(Oc3cccc(C(F)(F)F)c3)n2Cc2ccc3ccccc3c2)N(C)C1=O. The van der Waals surface area contributed by atoms with Crippen molar-refractivity contribution in [1.82, 2.24) is 14.5 Å². The first kappa shape index (κ1) is 21.8. The Bertz CT molecular complexity index is 1400. The molecule has 3 aromatic carbocycles. The number of urea groups is 1. The Morgan fingerprint density at radius 2 is 1.74 bits per heavy atom. The number of aromatic nitrogens is 2. The van der Waals surface area contributed by atoms with Crippen LogP contribution in [0.4, 0.5) is 23.8 Å². The van der Waals surface area contributed by atoms with E-state index in [1.165, 1.54) is 17.0 Å². The lowest BCUT2D eigenvalue weighted by Gasteiger charge is -2.30. The van der Waals surface area contributed by atoms with Gasteiger partial charge in [-0.25, -0.2) is 4.79 Å². The third-order valence-electron chi connectivity index (χ3n) is 5.86. The fourth-order valence-corrected chi connectivity index (χ4v) is 4.12. The average molecular weight is 466 g/mol. The predicted octanol–water partition coefficient (Wildman–Crippen LogP) is 5.90. The van der Waals surface area contributed by atoms with Crippen LogP contribution in [0, 0.1) is 0 Å². The Balaban J connectivity index is 1.58. The highest BCUT2D eigenvalue weighted by molar-refractivity contribution is 5.93. The van der Waals surface area contributed by atoms with E-state index in [1.54, 1.807) is 23.6 Å². The fraction of sp³-hybridized carbons (Fsp3) is 0.200. The molecule has 2 amide bonds. The third kappa shape index (κ3) is 3.93. The van der Waals surface area contributed by atoms with Crippen molar-refractivity contribution < 1.29 is 22.7 Å². The van der Waals surface area contributed by atoms with Crippen LogP contribution in [0.3, 0.4) is 0 Å². The molecule has 1 aliphatic heterocycles. The van der Waals surface area contributed by atoms with Gasteiger partial charge in [0.05, 0.1) is 24.3 Å². The summed E-state index contributed by atoms with van der Waals surface area (Å²) in [7, 11) is 3.29. The van der Waals surface area contributed by atoms with Crippen molar-refractivity contribution in [2.45, 2.75) is 19.3 Å².